The normalized spacial score (nSPS) is 24.9. The number of piperazine rings is 1. The third-order valence-corrected chi connectivity index (χ3v) is 7.95. The van der Waals surface area contributed by atoms with Gasteiger partial charge in [0.1, 0.15) is 0 Å². The maximum Gasteiger partial charge on any atom is 0.225 e. The van der Waals surface area contributed by atoms with Crippen molar-refractivity contribution in [2.45, 2.75) is 76.9 Å². The molecule has 0 aromatic heterocycles. The number of carbonyl (C=O) groups is 1. The lowest BCUT2D eigenvalue weighted by Crippen LogP contribution is -2.51. The fourth-order valence-corrected chi connectivity index (χ4v) is 5.80. The lowest BCUT2D eigenvalue weighted by atomic mass is 9.87. The molecule has 0 radical (unpaired) electrons. The van der Waals surface area contributed by atoms with E-state index >= 15 is 0 Å². The summed E-state index contributed by atoms with van der Waals surface area (Å²) in [5.74, 6) is 0.715. The van der Waals surface area contributed by atoms with Crippen LogP contribution in [-0.4, -0.2) is 59.4 Å². The zero-order chi connectivity index (χ0) is 19.6. The Morgan fingerprint density at radius 3 is 2.38 bits per heavy atom. The van der Waals surface area contributed by atoms with Crippen molar-refractivity contribution in [1.82, 2.24) is 14.7 Å². The number of benzene rings is 1. The minimum atomic E-state index is 0.295. The SMILES string of the molecule is O=C(C1CCCCC1)N1CCc2cc(CN3CCN(C4CCC4)CC3)ccc2C1. The van der Waals surface area contributed by atoms with Gasteiger partial charge in [0.15, 0.2) is 0 Å². The van der Waals surface area contributed by atoms with Gasteiger partial charge in [-0.3, -0.25) is 14.6 Å². The summed E-state index contributed by atoms with van der Waals surface area (Å²) in [5, 5.41) is 0. The largest absolute Gasteiger partial charge is 0.338 e. The average molecular weight is 396 g/mol. The highest BCUT2D eigenvalue weighted by Crippen LogP contribution is 2.29. The van der Waals surface area contributed by atoms with Crippen LogP contribution in [0.4, 0.5) is 0 Å². The van der Waals surface area contributed by atoms with Crippen molar-refractivity contribution in [2.24, 2.45) is 5.92 Å². The second-order valence-electron chi connectivity index (χ2n) is 9.84. The van der Waals surface area contributed by atoms with Crippen LogP contribution in [0.1, 0.15) is 68.1 Å². The van der Waals surface area contributed by atoms with E-state index < -0.39 is 0 Å². The van der Waals surface area contributed by atoms with Crippen LogP contribution in [0.3, 0.4) is 0 Å². The number of nitrogens with zero attached hydrogens (tertiary/aromatic N) is 3. The van der Waals surface area contributed by atoms with E-state index in [4.69, 9.17) is 0 Å². The van der Waals surface area contributed by atoms with Crippen LogP contribution in [-0.2, 0) is 24.3 Å². The van der Waals surface area contributed by atoms with Gasteiger partial charge < -0.3 is 4.90 Å². The number of hydrogen-bond acceptors (Lipinski definition) is 3. The van der Waals surface area contributed by atoms with E-state index in [9.17, 15) is 4.79 Å². The van der Waals surface area contributed by atoms with Gasteiger partial charge in [-0.2, -0.15) is 0 Å². The van der Waals surface area contributed by atoms with Crippen molar-refractivity contribution in [3.8, 4) is 0 Å². The molecule has 4 aliphatic rings. The number of fused-ring (bicyclic) bond motifs is 1. The highest BCUT2D eigenvalue weighted by Gasteiger charge is 2.29. The molecule has 0 N–H and O–H groups in total. The topological polar surface area (TPSA) is 26.8 Å². The highest BCUT2D eigenvalue weighted by molar-refractivity contribution is 5.79. The smallest absolute Gasteiger partial charge is 0.225 e. The molecule has 0 bridgehead atoms. The first-order valence-corrected chi connectivity index (χ1v) is 12.1. The summed E-state index contributed by atoms with van der Waals surface area (Å²) < 4.78 is 0. The third kappa shape index (κ3) is 4.39. The van der Waals surface area contributed by atoms with Crippen molar-refractivity contribution in [1.29, 1.82) is 0 Å². The second kappa shape index (κ2) is 8.77. The molecule has 158 valence electrons. The van der Waals surface area contributed by atoms with Crippen LogP contribution in [0.15, 0.2) is 18.2 Å². The molecule has 4 heteroatoms. The summed E-state index contributed by atoms with van der Waals surface area (Å²) in [4.78, 5) is 20.4. The molecule has 0 atom stereocenters. The molecule has 3 fully saturated rings. The Hall–Kier alpha value is -1.39. The van der Waals surface area contributed by atoms with Crippen LogP contribution in [0.2, 0.25) is 0 Å². The molecule has 4 nitrogen and oxygen atoms in total. The highest BCUT2D eigenvalue weighted by atomic mass is 16.2. The van der Waals surface area contributed by atoms with Gasteiger partial charge in [-0.05, 0) is 48.8 Å². The van der Waals surface area contributed by atoms with Crippen LogP contribution in [0.25, 0.3) is 0 Å². The average Bonchev–Trinajstić information content (AvgIpc) is 2.73. The van der Waals surface area contributed by atoms with E-state index in [1.54, 1.807) is 0 Å². The number of hydrogen-bond donors (Lipinski definition) is 0. The van der Waals surface area contributed by atoms with Gasteiger partial charge in [-0.1, -0.05) is 43.9 Å². The molecule has 2 saturated carbocycles. The Morgan fingerprint density at radius 1 is 0.862 bits per heavy atom. The monoisotopic (exact) mass is 395 g/mol. The van der Waals surface area contributed by atoms with E-state index in [0.29, 0.717) is 11.8 Å². The van der Waals surface area contributed by atoms with Gasteiger partial charge in [-0.25, -0.2) is 0 Å². The summed E-state index contributed by atoms with van der Waals surface area (Å²) in [7, 11) is 0. The van der Waals surface area contributed by atoms with Crippen molar-refractivity contribution in [3.63, 3.8) is 0 Å². The van der Waals surface area contributed by atoms with Crippen molar-refractivity contribution in [3.05, 3.63) is 34.9 Å². The maximum absolute atomic E-state index is 12.9. The molecule has 1 aromatic carbocycles. The third-order valence-electron chi connectivity index (χ3n) is 7.95. The molecule has 2 heterocycles. The van der Waals surface area contributed by atoms with Gasteiger partial charge in [0, 0.05) is 57.8 Å². The zero-order valence-corrected chi connectivity index (χ0v) is 18.0. The van der Waals surface area contributed by atoms with Crippen LogP contribution >= 0.6 is 0 Å². The molecule has 1 amide bonds. The van der Waals surface area contributed by atoms with E-state index in [1.807, 2.05) is 0 Å². The maximum atomic E-state index is 12.9. The Kier molecular flexibility index (Phi) is 5.92. The van der Waals surface area contributed by atoms with Gasteiger partial charge in [-0.15, -0.1) is 0 Å². The first kappa shape index (κ1) is 19.6. The van der Waals surface area contributed by atoms with E-state index in [1.165, 1.54) is 81.4 Å². The van der Waals surface area contributed by atoms with Crippen LogP contribution < -0.4 is 0 Å². The summed E-state index contributed by atoms with van der Waals surface area (Å²) in [5.41, 5.74) is 4.30. The fraction of sp³-hybridized carbons (Fsp3) is 0.720. The van der Waals surface area contributed by atoms with Crippen molar-refractivity contribution < 1.29 is 4.79 Å². The lowest BCUT2D eigenvalue weighted by Gasteiger charge is -2.43. The first-order chi connectivity index (χ1) is 14.3. The minimum Gasteiger partial charge on any atom is -0.338 e. The summed E-state index contributed by atoms with van der Waals surface area (Å²) >= 11 is 0. The molecule has 5 rings (SSSR count). The minimum absolute atomic E-state index is 0.295. The van der Waals surface area contributed by atoms with Gasteiger partial charge in [0.25, 0.3) is 0 Å². The van der Waals surface area contributed by atoms with E-state index in [2.05, 4.69) is 32.9 Å². The van der Waals surface area contributed by atoms with E-state index in [0.717, 1.165) is 44.9 Å². The van der Waals surface area contributed by atoms with E-state index in [-0.39, 0.29) is 0 Å². The fourth-order valence-electron chi connectivity index (χ4n) is 5.80. The molecule has 1 aromatic rings. The number of carbonyl (C=O) groups excluding carboxylic acids is 1. The lowest BCUT2D eigenvalue weighted by molar-refractivity contribution is -0.137. The second-order valence-corrected chi connectivity index (χ2v) is 9.84. The summed E-state index contributed by atoms with van der Waals surface area (Å²) in [6.45, 7) is 7.71. The van der Waals surface area contributed by atoms with Gasteiger partial charge >= 0.3 is 0 Å². The number of rotatable bonds is 4. The first-order valence-electron chi connectivity index (χ1n) is 12.1. The Labute approximate surface area is 176 Å². The van der Waals surface area contributed by atoms with Gasteiger partial charge in [0.2, 0.25) is 5.91 Å². The summed E-state index contributed by atoms with van der Waals surface area (Å²) in [6.07, 6.45) is 11.3. The predicted octanol–water partition coefficient (Wildman–Crippen LogP) is 3.82. The molecule has 0 unspecified atom stereocenters. The van der Waals surface area contributed by atoms with Crippen molar-refractivity contribution >= 4 is 5.91 Å². The Morgan fingerprint density at radius 2 is 1.66 bits per heavy atom. The standard InChI is InChI=1S/C25H37N3O/c29-25(21-5-2-1-3-6-21)28-12-11-22-17-20(9-10-23(22)19-28)18-26-13-15-27(16-14-26)24-7-4-8-24/h9-10,17,21,24H,1-8,11-16,18-19H2. The molecule has 2 aliphatic heterocycles. The molecular formula is C25H37N3O. The Bertz CT molecular complexity index is 715. The molecule has 1 saturated heterocycles. The molecular weight excluding hydrogens is 358 g/mol. The summed E-state index contributed by atoms with van der Waals surface area (Å²) in [6, 6.07) is 7.93. The quantitative estimate of drug-likeness (QED) is 0.775. The Balaban J connectivity index is 1.15. The molecule has 29 heavy (non-hydrogen) atoms. The van der Waals surface area contributed by atoms with Crippen LogP contribution in [0.5, 0.6) is 0 Å². The van der Waals surface area contributed by atoms with Gasteiger partial charge in [0.05, 0.1) is 0 Å². The molecule has 0 spiro atoms. The van der Waals surface area contributed by atoms with Crippen LogP contribution in [0, 0.1) is 5.92 Å². The number of amides is 1. The van der Waals surface area contributed by atoms with Crippen molar-refractivity contribution in [2.75, 3.05) is 32.7 Å². The predicted molar refractivity (Wildman–Crippen MR) is 117 cm³/mol. The molecule has 2 aliphatic carbocycles. The zero-order valence-electron chi connectivity index (χ0n) is 18.0.